The standard InChI is InChI=1S/C8H12N2O/c1-8(9)6-4-3-5-7(11)10(8)2/h3-6H,9H2,1-2H3. The van der Waals surface area contributed by atoms with Gasteiger partial charge in [0.05, 0.1) is 0 Å². The van der Waals surface area contributed by atoms with Crippen LogP contribution in [0, 0.1) is 0 Å². The van der Waals surface area contributed by atoms with Gasteiger partial charge < -0.3 is 10.6 Å². The number of rotatable bonds is 0. The van der Waals surface area contributed by atoms with Gasteiger partial charge in [-0.3, -0.25) is 4.79 Å². The fourth-order valence-corrected chi connectivity index (χ4v) is 0.849. The van der Waals surface area contributed by atoms with Gasteiger partial charge in [0.1, 0.15) is 5.66 Å². The van der Waals surface area contributed by atoms with Gasteiger partial charge in [0.25, 0.3) is 0 Å². The second kappa shape index (κ2) is 2.51. The van der Waals surface area contributed by atoms with Crippen molar-refractivity contribution in [3.05, 3.63) is 24.3 Å². The summed E-state index contributed by atoms with van der Waals surface area (Å²) in [7, 11) is 1.68. The monoisotopic (exact) mass is 152 g/mol. The Labute approximate surface area is 66.2 Å². The van der Waals surface area contributed by atoms with Crippen LogP contribution in [0.15, 0.2) is 24.3 Å². The maximum Gasteiger partial charge on any atom is 0.247 e. The van der Waals surface area contributed by atoms with Crippen LogP contribution in [-0.2, 0) is 4.79 Å². The van der Waals surface area contributed by atoms with Crippen molar-refractivity contribution in [1.29, 1.82) is 0 Å². The Hall–Kier alpha value is -1.09. The molecule has 0 aromatic rings. The lowest BCUT2D eigenvalue weighted by Gasteiger charge is -2.30. The lowest BCUT2D eigenvalue weighted by molar-refractivity contribution is -0.128. The van der Waals surface area contributed by atoms with Gasteiger partial charge in [-0.1, -0.05) is 12.2 Å². The van der Waals surface area contributed by atoms with E-state index in [1.54, 1.807) is 32.2 Å². The molecule has 0 bridgehead atoms. The number of likely N-dealkylation sites (N-methyl/N-ethyl adjacent to an activating group) is 1. The summed E-state index contributed by atoms with van der Waals surface area (Å²) in [6.07, 6.45) is 6.75. The maximum atomic E-state index is 11.1. The van der Waals surface area contributed by atoms with E-state index >= 15 is 0 Å². The fraction of sp³-hybridized carbons (Fsp3) is 0.375. The molecule has 0 fully saturated rings. The Morgan fingerprint density at radius 1 is 1.55 bits per heavy atom. The third-order valence-corrected chi connectivity index (χ3v) is 1.84. The Balaban J connectivity index is 2.95. The van der Waals surface area contributed by atoms with Gasteiger partial charge in [-0.2, -0.15) is 0 Å². The maximum absolute atomic E-state index is 11.1. The highest BCUT2D eigenvalue weighted by Gasteiger charge is 2.24. The molecular formula is C8H12N2O. The minimum Gasteiger partial charge on any atom is -0.321 e. The quantitative estimate of drug-likeness (QED) is 0.540. The molecule has 1 heterocycles. The number of nitrogens with two attached hydrogens (primary N) is 1. The number of nitrogens with zero attached hydrogens (tertiary/aromatic N) is 1. The van der Waals surface area contributed by atoms with Gasteiger partial charge in [0.2, 0.25) is 5.91 Å². The zero-order chi connectivity index (χ0) is 8.48. The summed E-state index contributed by atoms with van der Waals surface area (Å²) >= 11 is 0. The predicted molar refractivity (Wildman–Crippen MR) is 43.6 cm³/mol. The van der Waals surface area contributed by atoms with Gasteiger partial charge in [0, 0.05) is 13.1 Å². The molecule has 11 heavy (non-hydrogen) atoms. The highest BCUT2D eigenvalue weighted by molar-refractivity contribution is 5.88. The van der Waals surface area contributed by atoms with Crippen molar-refractivity contribution in [2.45, 2.75) is 12.6 Å². The minimum absolute atomic E-state index is 0.0694. The molecule has 0 aromatic heterocycles. The smallest absolute Gasteiger partial charge is 0.247 e. The molecule has 60 valence electrons. The molecule has 0 saturated carbocycles. The normalized spacial score (nSPS) is 30.8. The van der Waals surface area contributed by atoms with E-state index in [1.807, 2.05) is 0 Å². The molecule has 1 aliphatic rings. The van der Waals surface area contributed by atoms with Crippen LogP contribution >= 0.6 is 0 Å². The topological polar surface area (TPSA) is 46.3 Å². The Morgan fingerprint density at radius 2 is 2.18 bits per heavy atom. The molecule has 1 atom stereocenters. The largest absolute Gasteiger partial charge is 0.321 e. The average molecular weight is 152 g/mol. The molecule has 1 aliphatic heterocycles. The van der Waals surface area contributed by atoms with Gasteiger partial charge in [-0.25, -0.2) is 0 Å². The molecule has 1 unspecified atom stereocenters. The Bertz CT molecular complexity index is 228. The molecule has 0 aliphatic carbocycles. The van der Waals surface area contributed by atoms with Crippen LogP contribution < -0.4 is 5.73 Å². The highest BCUT2D eigenvalue weighted by atomic mass is 16.2. The van der Waals surface area contributed by atoms with E-state index in [-0.39, 0.29) is 5.91 Å². The predicted octanol–water partition coefficient (Wildman–Crippen LogP) is 0.246. The van der Waals surface area contributed by atoms with Crippen molar-refractivity contribution in [2.24, 2.45) is 5.73 Å². The first-order chi connectivity index (χ1) is 5.04. The van der Waals surface area contributed by atoms with E-state index in [2.05, 4.69) is 0 Å². The van der Waals surface area contributed by atoms with Crippen molar-refractivity contribution in [2.75, 3.05) is 7.05 Å². The summed E-state index contributed by atoms with van der Waals surface area (Å²) in [4.78, 5) is 12.6. The van der Waals surface area contributed by atoms with Crippen molar-refractivity contribution in [3.8, 4) is 0 Å². The average Bonchev–Trinajstić information content (AvgIpc) is 2.03. The van der Waals surface area contributed by atoms with E-state index < -0.39 is 5.66 Å². The van der Waals surface area contributed by atoms with Crippen molar-refractivity contribution < 1.29 is 4.79 Å². The summed E-state index contributed by atoms with van der Waals surface area (Å²) in [5, 5.41) is 0. The molecule has 0 aromatic carbocycles. The van der Waals surface area contributed by atoms with Gasteiger partial charge >= 0.3 is 0 Å². The van der Waals surface area contributed by atoms with E-state index in [0.717, 1.165) is 0 Å². The number of hydrogen-bond donors (Lipinski definition) is 1. The van der Waals surface area contributed by atoms with Crippen LogP contribution in [0.1, 0.15) is 6.92 Å². The molecule has 1 amide bonds. The summed E-state index contributed by atoms with van der Waals surface area (Å²) in [6.45, 7) is 1.79. The van der Waals surface area contributed by atoms with Crippen LogP contribution in [0.5, 0.6) is 0 Å². The van der Waals surface area contributed by atoms with Crippen LogP contribution in [0.25, 0.3) is 0 Å². The number of carbonyl (C=O) groups excluding carboxylic acids is 1. The Kier molecular flexibility index (Phi) is 1.83. The van der Waals surface area contributed by atoms with E-state index in [1.165, 1.54) is 11.0 Å². The van der Waals surface area contributed by atoms with Gasteiger partial charge in [-0.05, 0) is 13.0 Å². The van der Waals surface area contributed by atoms with Crippen LogP contribution in [-0.4, -0.2) is 23.5 Å². The Morgan fingerprint density at radius 3 is 2.82 bits per heavy atom. The van der Waals surface area contributed by atoms with E-state index in [0.29, 0.717) is 0 Å². The lowest BCUT2D eigenvalue weighted by Crippen LogP contribution is -2.51. The second-order valence-electron chi connectivity index (χ2n) is 2.84. The molecular weight excluding hydrogens is 140 g/mol. The lowest BCUT2D eigenvalue weighted by atomic mass is 10.2. The highest BCUT2D eigenvalue weighted by Crippen LogP contribution is 2.10. The zero-order valence-corrected chi connectivity index (χ0v) is 6.74. The van der Waals surface area contributed by atoms with Gasteiger partial charge in [0.15, 0.2) is 0 Å². The summed E-state index contributed by atoms with van der Waals surface area (Å²) in [5.74, 6) is -0.0694. The summed E-state index contributed by atoms with van der Waals surface area (Å²) in [5.41, 5.74) is 5.12. The number of carbonyl (C=O) groups is 1. The summed E-state index contributed by atoms with van der Waals surface area (Å²) in [6, 6.07) is 0. The van der Waals surface area contributed by atoms with Crippen molar-refractivity contribution in [1.82, 2.24) is 4.90 Å². The first-order valence-corrected chi connectivity index (χ1v) is 3.46. The van der Waals surface area contributed by atoms with E-state index in [4.69, 9.17) is 5.73 Å². The molecule has 0 radical (unpaired) electrons. The van der Waals surface area contributed by atoms with Crippen LogP contribution in [0.4, 0.5) is 0 Å². The molecule has 0 saturated heterocycles. The van der Waals surface area contributed by atoms with Crippen molar-refractivity contribution >= 4 is 5.91 Å². The fourth-order valence-electron chi connectivity index (χ4n) is 0.849. The first kappa shape index (κ1) is 8.01. The SMILES string of the molecule is CN1C(=O)C=CC=CC1(C)N. The molecule has 0 spiro atoms. The molecule has 3 nitrogen and oxygen atoms in total. The number of amides is 1. The van der Waals surface area contributed by atoms with Crippen LogP contribution in [0.3, 0.4) is 0 Å². The summed E-state index contributed by atoms with van der Waals surface area (Å²) < 4.78 is 0. The second-order valence-corrected chi connectivity index (χ2v) is 2.84. The minimum atomic E-state index is -0.666. The number of allylic oxidation sites excluding steroid dienone is 2. The van der Waals surface area contributed by atoms with Gasteiger partial charge in [-0.15, -0.1) is 0 Å². The number of hydrogen-bond acceptors (Lipinski definition) is 2. The molecule has 1 rings (SSSR count). The molecule has 3 heteroatoms. The third-order valence-electron chi connectivity index (χ3n) is 1.84. The van der Waals surface area contributed by atoms with Crippen molar-refractivity contribution in [3.63, 3.8) is 0 Å². The van der Waals surface area contributed by atoms with E-state index in [9.17, 15) is 4.79 Å². The molecule has 2 N–H and O–H groups in total. The first-order valence-electron chi connectivity index (χ1n) is 3.46. The zero-order valence-electron chi connectivity index (χ0n) is 6.74. The van der Waals surface area contributed by atoms with Crippen LogP contribution in [0.2, 0.25) is 0 Å². The third kappa shape index (κ3) is 1.49.